The van der Waals surface area contributed by atoms with E-state index < -0.39 is 0 Å². The van der Waals surface area contributed by atoms with Crippen LogP contribution in [0.3, 0.4) is 0 Å². The summed E-state index contributed by atoms with van der Waals surface area (Å²) in [5.41, 5.74) is 9.87. The van der Waals surface area contributed by atoms with Crippen molar-refractivity contribution in [3.05, 3.63) is 71.3 Å². The van der Waals surface area contributed by atoms with Crippen LogP contribution >= 0.6 is 0 Å². The maximum Gasteiger partial charge on any atom is 0.188 e. The molecular weight excluding hydrogens is 324 g/mol. The second-order valence-corrected chi connectivity index (χ2v) is 6.52. The highest BCUT2D eigenvalue weighted by atomic mass is 16.5. The van der Waals surface area contributed by atoms with Gasteiger partial charge in [0.2, 0.25) is 0 Å². The fourth-order valence-electron chi connectivity index (χ4n) is 3.07. The van der Waals surface area contributed by atoms with Crippen LogP contribution in [-0.2, 0) is 24.2 Å². The van der Waals surface area contributed by atoms with Crippen LogP contribution in [0.15, 0.2) is 59.6 Å². The first kappa shape index (κ1) is 18.4. The van der Waals surface area contributed by atoms with E-state index in [1.165, 1.54) is 16.7 Å². The number of hydrogen-bond acceptors (Lipinski definition) is 3. The minimum atomic E-state index is 0.502. The zero-order chi connectivity index (χ0) is 18.0. The zero-order valence-corrected chi connectivity index (χ0v) is 15.2. The largest absolute Gasteiger partial charge is 0.379 e. The molecule has 1 heterocycles. The minimum absolute atomic E-state index is 0.502. The van der Waals surface area contributed by atoms with Gasteiger partial charge in [0, 0.05) is 26.2 Å². The van der Waals surface area contributed by atoms with Crippen molar-refractivity contribution in [3.63, 3.8) is 0 Å². The topological polar surface area (TPSA) is 62.9 Å². The quantitative estimate of drug-likeness (QED) is 0.592. The number of rotatable bonds is 7. The van der Waals surface area contributed by atoms with Crippen molar-refractivity contribution in [1.82, 2.24) is 10.2 Å². The molecule has 1 saturated heterocycles. The maximum absolute atomic E-state index is 6.03. The van der Waals surface area contributed by atoms with Crippen LogP contribution in [0.1, 0.15) is 16.7 Å². The van der Waals surface area contributed by atoms with Gasteiger partial charge in [-0.05, 0) is 23.1 Å². The Morgan fingerprint density at radius 3 is 2.46 bits per heavy atom. The number of nitrogens with zero attached hydrogens (tertiary/aromatic N) is 2. The van der Waals surface area contributed by atoms with Crippen LogP contribution in [0.4, 0.5) is 0 Å². The molecule has 0 atom stereocenters. The molecule has 3 N–H and O–H groups in total. The third kappa shape index (κ3) is 5.86. The maximum atomic E-state index is 6.03. The summed E-state index contributed by atoms with van der Waals surface area (Å²) in [6.45, 7) is 5.94. The fourth-order valence-corrected chi connectivity index (χ4v) is 3.07. The van der Waals surface area contributed by atoms with Crippen molar-refractivity contribution >= 4 is 5.96 Å². The van der Waals surface area contributed by atoms with E-state index in [1.807, 2.05) is 6.07 Å². The van der Waals surface area contributed by atoms with Crippen molar-refractivity contribution in [2.24, 2.45) is 10.7 Å². The van der Waals surface area contributed by atoms with E-state index in [4.69, 9.17) is 10.5 Å². The van der Waals surface area contributed by atoms with Gasteiger partial charge in [-0.1, -0.05) is 54.6 Å². The molecule has 0 unspecified atom stereocenters. The Bertz CT molecular complexity index is 696. The van der Waals surface area contributed by atoms with Gasteiger partial charge in [0.1, 0.15) is 0 Å². The monoisotopic (exact) mass is 352 g/mol. The molecule has 5 heteroatoms. The van der Waals surface area contributed by atoms with E-state index in [-0.39, 0.29) is 0 Å². The Hall–Kier alpha value is -2.37. The van der Waals surface area contributed by atoms with Gasteiger partial charge in [0.05, 0.1) is 19.8 Å². The van der Waals surface area contributed by atoms with Crippen LogP contribution < -0.4 is 11.1 Å². The molecule has 5 nitrogen and oxygen atoms in total. The molecule has 3 rings (SSSR count). The number of nitrogens with one attached hydrogen (secondary N) is 1. The Labute approximate surface area is 155 Å². The molecule has 0 amide bonds. The van der Waals surface area contributed by atoms with Crippen molar-refractivity contribution in [2.75, 3.05) is 32.8 Å². The van der Waals surface area contributed by atoms with E-state index >= 15 is 0 Å². The summed E-state index contributed by atoms with van der Waals surface area (Å²) in [7, 11) is 0. The Balaban J connectivity index is 1.50. The lowest BCUT2D eigenvalue weighted by atomic mass is 10.1. The molecule has 1 aliphatic heterocycles. The van der Waals surface area contributed by atoms with Gasteiger partial charge in [-0.15, -0.1) is 0 Å². The number of hydrogen-bond donors (Lipinski definition) is 2. The Morgan fingerprint density at radius 1 is 1.00 bits per heavy atom. The van der Waals surface area contributed by atoms with E-state index in [1.54, 1.807) is 0 Å². The molecule has 0 aromatic heterocycles. The lowest BCUT2D eigenvalue weighted by Crippen LogP contribution is -2.36. The number of benzene rings is 2. The fraction of sp³-hybridized carbons (Fsp3) is 0.381. The normalized spacial score (nSPS) is 15.8. The van der Waals surface area contributed by atoms with Crippen LogP contribution in [0.25, 0.3) is 0 Å². The highest BCUT2D eigenvalue weighted by molar-refractivity contribution is 5.77. The number of ether oxygens (including phenoxy) is 1. The number of nitrogens with two attached hydrogens (primary N) is 1. The smallest absolute Gasteiger partial charge is 0.188 e. The van der Waals surface area contributed by atoms with Gasteiger partial charge >= 0.3 is 0 Å². The molecule has 0 saturated carbocycles. The first-order valence-electron chi connectivity index (χ1n) is 9.26. The van der Waals surface area contributed by atoms with Crippen LogP contribution in [0.5, 0.6) is 0 Å². The standard InChI is InChI=1S/C21H28N4O/c22-21(23-11-10-18-6-2-1-3-7-18)24-16-19-8-4-5-9-20(19)17-25-12-14-26-15-13-25/h1-9H,10-17H2,(H3,22,23,24). The van der Waals surface area contributed by atoms with Gasteiger partial charge in [-0.3, -0.25) is 4.90 Å². The molecule has 0 aliphatic carbocycles. The Kier molecular flexibility index (Phi) is 7.05. The summed E-state index contributed by atoms with van der Waals surface area (Å²) >= 11 is 0. The number of morpholine rings is 1. The molecule has 1 fully saturated rings. The van der Waals surface area contributed by atoms with Crippen molar-refractivity contribution < 1.29 is 4.74 Å². The number of guanidine groups is 1. The molecule has 0 bridgehead atoms. The molecule has 1 aliphatic rings. The van der Waals surface area contributed by atoms with Gasteiger partial charge in [0.15, 0.2) is 5.96 Å². The summed E-state index contributed by atoms with van der Waals surface area (Å²) in [5.74, 6) is 0.502. The first-order chi connectivity index (χ1) is 12.8. The van der Waals surface area contributed by atoms with Gasteiger partial charge in [0.25, 0.3) is 0 Å². The molecule has 26 heavy (non-hydrogen) atoms. The predicted molar refractivity (Wildman–Crippen MR) is 106 cm³/mol. The van der Waals surface area contributed by atoms with E-state index in [0.29, 0.717) is 12.5 Å². The minimum Gasteiger partial charge on any atom is -0.379 e. The first-order valence-corrected chi connectivity index (χ1v) is 9.26. The highest BCUT2D eigenvalue weighted by Gasteiger charge is 2.12. The molecule has 138 valence electrons. The molecule has 0 radical (unpaired) electrons. The Morgan fingerprint density at radius 2 is 1.69 bits per heavy atom. The van der Waals surface area contributed by atoms with Gasteiger partial charge in [-0.2, -0.15) is 0 Å². The molecule has 2 aromatic carbocycles. The second-order valence-electron chi connectivity index (χ2n) is 6.52. The summed E-state index contributed by atoms with van der Waals surface area (Å²) in [4.78, 5) is 6.94. The summed E-state index contributed by atoms with van der Waals surface area (Å²) in [6.07, 6.45) is 0.935. The predicted octanol–water partition coefficient (Wildman–Crippen LogP) is 2.17. The second kappa shape index (κ2) is 9.94. The molecule has 0 spiro atoms. The zero-order valence-electron chi connectivity index (χ0n) is 15.2. The average molecular weight is 352 g/mol. The van der Waals surface area contributed by atoms with Crippen molar-refractivity contribution in [1.29, 1.82) is 0 Å². The SMILES string of the molecule is NC(=NCc1ccccc1CN1CCOCC1)NCCc1ccccc1. The average Bonchev–Trinajstić information content (AvgIpc) is 2.69. The van der Waals surface area contributed by atoms with E-state index in [0.717, 1.165) is 45.8 Å². The van der Waals surface area contributed by atoms with Crippen LogP contribution in [0, 0.1) is 0 Å². The number of aliphatic imine (C=N–C) groups is 1. The van der Waals surface area contributed by atoms with E-state index in [2.05, 4.69) is 63.7 Å². The third-order valence-electron chi connectivity index (χ3n) is 4.60. The summed E-state index contributed by atoms with van der Waals surface area (Å²) < 4.78 is 5.43. The highest BCUT2D eigenvalue weighted by Crippen LogP contribution is 2.14. The third-order valence-corrected chi connectivity index (χ3v) is 4.60. The van der Waals surface area contributed by atoms with Gasteiger partial charge < -0.3 is 15.8 Å². The van der Waals surface area contributed by atoms with Crippen molar-refractivity contribution in [3.8, 4) is 0 Å². The lowest BCUT2D eigenvalue weighted by Gasteiger charge is -2.27. The molecular formula is C21H28N4O. The lowest BCUT2D eigenvalue weighted by molar-refractivity contribution is 0.0341. The van der Waals surface area contributed by atoms with Crippen LogP contribution in [-0.4, -0.2) is 43.7 Å². The molecule has 2 aromatic rings. The van der Waals surface area contributed by atoms with Gasteiger partial charge in [-0.25, -0.2) is 4.99 Å². The van der Waals surface area contributed by atoms with Crippen molar-refractivity contribution in [2.45, 2.75) is 19.5 Å². The summed E-state index contributed by atoms with van der Waals surface area (Å²) in [6, 6.07) is 18.8. The van der Waals surface area contributed by atoms with E-state index in [9.17, 15) is 0 Å². The van der Waals surface area contributed by atoms with Crippen LogP contribution in [0.2, 0.25) is 0 Å². The summed E-state index contributed by atoms with van der Waals surface area (Å²) in [5, 5.41) is 3.20.